The Morgan fingerprint density at radius 2 is 2.21 bits per heavy atom. The van der Waals surface area contributed by atoms with Gasteiger partial charge in [0.05, 0.1) is 15.6 Å². The van der Waals surface area contributed by atoms with Gasteiger partial charge in [0.15, 0.2) is 0 Å². The second-order valence-electron chi connectivity index (χ2n) is 4.06. The molecule has 76 valence electrons. The summed E-state index contributed by atoms with van der Waals surface area (Å²) in [6.07, 6.45) is 2.56. The number of rotatable bonds is 3. The van der Waals surface area contributed by atoms with E-state index in [1.54, 1.807) is 11.3 Å². The van der Waals surface area contributed by atoms with E-state index in [1.165, 1.54) is 17.8 Å². The number of hydrogen-bond donors (Lipinski definition) is 1. The molecule has 2 nitrogen and oxygen atoms in total. The first-order chi connectivity index (χ1) is 6.59. The molecule has 1 saturated carbocycles. The molecule has 0 saturated heterocycles. The van der Waals surface area contributed by atoms with E-state index < -0.39 is 0 Å². The van der Waals surface area contributed by atoms with Crippen LogP contribution in [-0.2, 0) is 0 Å². The first-order valence-corrected chi connectivity index (χ1v) is 6.12. The molecule has 1 heterocycles. The molecule has 0 radical (unpaired) electrons. The summed E-state index contributed by atoms with van der Waals surface area (Å²) in [6, 6.07) is 0. The molecule has 4 heteroatoms. The van der Waals surface area contributed by atoms with E-state index in [-0.39, 0.29) is 0 Å². The normalized spacial score (nSPS) is 16.2. The van der Waals surface area contributed by atoms with Crippen LogP contribution < -0.4 is 5.73 Å². The summed E-state index contributed by atoms with van der Waals surface area (Å²) in [6.45, 7) is 4.26. The van der Waals surface area contributed by atoms with Crippen molar-refractivity contribution in [2.45, 2.75) is 38.5 Å². The summed E-state index contributed by atoms with van der Waals surface area (Å²) >= 11 is 6.73. The topological polar surface area (TPSA) is 38.9 Å². The lowest BCUT2D eigenvalue weighted by atomic mass is 10.1. The van der Waals surface area contributed by atoms with E-state index in [1.807, 2.05) is 0 Å². The zero-order valence-electron chi connectivity index (χ0n) is 8.41. The molecule has 1 aliphatic carbocycles. The monoisotopic (exact) mass is 226 g/mol. The molecular formula is C10H14N2S2. The van der Waals surface area contributed by atoms with E-state index in [0.29, 0.717) is 16.8 Å². The number of nitrogens with zero attached hydrogens (tertiary/aromatic N) is 1. The van der Waals surface area contributed by atoms with E-state index in [2.05, 4.69) is 18.8 Å². The van der Waals surface area contributed by atoms with Gasteiger partial charge in [-0.05, 0) is 18.8 Å². The van der Waals surface area contributed by atoms with Crippen molar-refractivity contribution in [1.82, 2.24) is 4.98 Å². The highest BCUT2D eigenvalue weighted by atomic mass is 32.1. The molecule has 1 aromatic rings. The number of nitrogens with two attached hydrogens (primary N) is 1. The fourth-order valence-electron chi connectivity index (χ4n) is 1.42. The lowest BCUT2D eigenvalue weighted by Crippen LogP contribution is -2.10. The largest absolute Gasteiger partial charge is 0.389 e. The molecule has 2 N–H and O–H groups in total. The first kappa shape index (κ1) is 10.1. The Morgan fingerprint density at radius 3 is 2.57 bits per heavy atom. The van der Waals surface area contributed by atoms with Crippen molar-refractivity contribution in [3.63, 3.8) is 0 Å². The van der Waals surface area contributed by atoms with Crippen LogP contribution in [0, 0.1) is 0 Å². The lowest BCUT2D eigenvalue weighted by molar-refractivity contribution is 0.820. The third-order valence-corrected chi connectivity index (χ3v) is 3.97. The van der Waals surface area contributed by atoms with Crippen molar-refractivity contribution < 1.29 is 0 Å². The maximum absolute atomic E-state index is 5.69. The number of hydrogen-bond acceptors (Lipinski definition) is 3. The van der Waals surface area contributed by atoms with Gasteiger partial charge in [0.25, 0.3) is 0 Å². The highest BCUT2D eigenvalue weighted by Crippen LogP contribution is 2.43. The maximum atomic E-state index is 5.69. The highest BCUT2D eigenvalue weighted by molar-refractivity contribution is 7.81. The Morgan fingerprint density at radius 1 is 1.57 bits per heavy atom. The van der Waals surface area contributed by atoms with Crippen molar-refractivity contribution in [3.8, 4) is 0 Å². The standard InChI is InChI=1S/C10H14N2S2/c1-5(2)7-8(9(11)13)14-10(12-7)6-3-4-6/h5-6H,3-4H2,1-2H3,(H2,11,13). The molecule has 0 bridgehead atoms. The van der Waals surface area contributed by atoms with Gasteiger partial charge in [-0.1, -0.05) is 26.1 Å². The second-order valence-corrected chi connectivity index (χ2v) is 5.53. The molecule has 0 amide bonds. The van der Waals surface area contributed by atoms with Crippen molar-refractivity contribution in [1.29, 1.82) is 0 Å². The second kappa shape index (κ2) is 3.59. The fourth-order valence-corrected chi connectivity index (χ4v) is 2.89. The van der Waals surface area contributed by atoms with Crippen LogP contribution in [0.2, 0.25) is 0 Å². The SMILES string of the molecule is CC(C)c1nc(C2CC2)sc1C(N)=S. The van der Waals surface area contributed by atoms with Crippen LogP contribution in [0.3, 0.4) is 0 Å². The van der Waals surface area contributed by atoms with Crippen LogP contribution in [0.4, 0.5) is 0 Å². The van der Waals surface area contributed by atoms with Crippen LogP contribution >= 0.6 is 23.6 Å². The summed E-state index contributed by atoms with van der Waals surface area (Å²) in [4.78, 5) is 6.17. The Kier molecular flexibility index (Phi) is 2.58. The van der Waals surface area contributed by atoms with E-state index in [0.717, 1.165) is 10.6 Å². The number of thiocarbonyl (C=S) groups is 1. The van der Waals surface area contributed by atoms with Crippen LogP contribution in [0.25, 0.3) is 0 Å². The summed E-state index contributed by atoms with van der Waals surface area (Å²) in [5.41, 5.74) is 6.78. The molecule has 1 aliphatic rings. The minimum absolute atomic E-state index is 0.412. The van der Waals surface area contributed by atoms with Gasteiger partial charge in [-0.3, -0.25) is 0 Å². The summed E-state index contributed by atoms with van der Waals surface area (Å²) in [5.74, 6) is 1.11. The van der Waals surface area contributed by atoms with E-state index in [4.69, 9.17) is 18.0 Å². The quantitative estimate of drug-likeness (QED) is 0.805. The minimum atomic E-state index is 0.412. The van der Waals surface area contributed by atoms with Crippen molar-refractivity contribution in [2.75, 3.05) is 0 Å². The predicted molar refractivity (Wildman–Crippen MR) is 64.1 cm³/mol. The van der Waals surface area contributed by atoms with Crippen molar-refractivity contribution in [2.24, 2.45) is 5.73 Å². The van der Waals surface area contributed by atoms with Gasteiger partial charge in [0.1, 0.15) is 4.99 Å². The summed E-state index contributed by atoms with van der Waals surface area (Å²) in [5, 5.41) is 1.23. The van der Waals surface area contributed by atoms with Gasteiger partial charge in [-0.15, -0.1) is 11.3 Å². The van der Waals surface area contributed by atoms with Gasteiger partial charge in [0, 0.05) is 5.92 Å². The highest BCUT2D eigenvalue weighted by Gasteiger charge is 2.29. The predicted octanol–water partition coefficient (Wildman–Crippen LogP) is 2.78. The molecule has 1 aromatic heterocycles. The Bertz CT molecular complexity index is 364. The van der Waals surface area contributed by atoms with Gasteiger partial charge in [-0.25, -0.2) is 4.98 Å². The Hall–Kier alpha value is -0.480. The van der Waals surface area contributed by atoms with E-state index >= 15 is 0 Å². The Labute approximate surface area is 93.5 Å². The maximum Gasteiger partial charge on any atom is 0.116 e. The van der Waals surface area contributed by atoms with Gasteiger partial charge in [-0.2, -0.15) is 0 Å². The molecule has 2 rings (SSSR count). The van der Waals surface area contributed by atoms with Gasteiger partial charge in [0.2, 0.25) is 0 Å². The van der Waals surface area contributed by atoms with Crippen molar-refractivity contribution in [3.05, 3.63) is 15.6 Å². The van der Waals surface area contributed by atoms with Crippen LogP contribution in [0.15, 0.2) is 0 Å². The molecule has 0 aliphatic heterocycles. The average Bonchev–Trinajstić information content (AvgIpc) is 2.83. The molecule has 0 aromatic carbocycles. The lowest BCUT2D eigenvalue weighted by Gasteiger charge is -2.02. The van der Waals surface area contributed by atoms with Crippen LogP contribution in [0.5, 0.6) is 0 Å². The zero-order valence-corrected chi connectivity index (χ0v) is 10.0. The smallest absolute Gasteiger partial charge is 0.116 e. The number of thiazole rings is 1. The van der Waals surface area contributed by atoms with E-state index in [9.17, 15) is 0 Å². The molecule has 1 fully saturated rings. The third kappa shape index (κ3) is 1.81. The molecule has 0 atom stereocenters. The van der Waals surface area contributed by atoms with Crippen LogP contribution in [0.1, 0.15) is 54.1 Å². The summed E-state index contributed by atoms with van der Waals surface area (Å²) < 4.78 is 0. The van der Waals surface area contributed by atoms with Gasteiger partial charge >= 0.3 is 0 Å². The first-order valence-electron chi connectivity index (χ1n) is 4.90. The molecule has 0 spiro atoms. The third-order valence-electron chi connectivity index (χ3n) is 2.37. The van der Waals surface area contributed by atoms with Gasteiger partial charge < -0.3 is 5.73 Å². The zero-order chi connectivity index (χ0) is 10.3. The minimum Gasteiger partial charge on any atom is -0.389 e. The van der Waals surface area contributed by atoms with Crippen LogP contribution in [-0.4, -0.2) is 9.97 Å². The fraction of sp³-hybridized carbons (Fsp3) is 0.600. The number of aromatic nitrogens is 1. The summed E-state index contributed by atoms with van der Waals surface area (Å²) in [7, 11) is 0. The van der Waals surface area contributed by atoms with Crippen molar-refractivity contribution >= 4 is 28.5 Å². The Balaban J connectivity index is 2.39. The molecule has 0 unspecified atom stereocenters. The average molecular weight is 226 g/mol. The molecular weight excluding hydrogens is 212 g/mol. The molecule has 14 heavy (non-hydrogen) atoms.